The number of hydroxylamine groups is 2. The van der Waals surface area contributed by atoms with Gasteiger partial charge in [0.25, 0.3) is 11.8 Å². The minimum Gasteiger partial charge on any atom is -0.377 e. The Labute approximate surface area is 335 Å². The van der Waals surface area contributed by atoms with Crippen molar-refractivity contribution in [1.29, 1.82) is 0 Å². The number of carbonyl (C=O) groups is 4. The highest BCUT2D eigenvalue weighted by Gasteiger charge is 2.38. The molecule has 330 valence electrons. The third kappa shape index (κ3) is 31.2. The lowest BCUT2D eigenvalue weighted by Crippen LogP contribution is -2.43. The summed E-state index contributed by atoms with van der Waals surface area (Å²) >= 11 is 0. The van der Waals surface area contributed by atoms with Crippen LogP contribution in [0.15, 0.2) is 0 Å². The standard InChI is InChI=1S/C8H19NO4Si.C6H7NO4.2C6H17NO3Si.C6H17NSi/c1-8(10)9-6-5-7-14(11-2,12-3)13-4;1-4(8)11-7-5(9)2-3-6(7)10;2*1-8-11(9-2,10-3)6-4-5-7;1-8(2,3)6-4-5-7/h5-7H2,1-4H3,(H,9,10);2-3H2,1H3;2*4-7H2,1-3H3;4-7H2,1-3H3. The lowest BCUT2D eigenvalue weighted by atomic mass is 10.4. The molecule has 0 unspecified atom stereocenters. The van der Waals surface area contributed by atoms with Gasteiger partial charge in [0.2, 0.25) is 5.91 Å². The molecule has 19 nitrogen and oxygen atoms in total. The zero-order valence-electron chi connectivity index (χ0n) is 36.3. The Kier molecular flexibility index (Phi) is 39.0. The summed E-state index contributed by atoms with van der Waals surface area (Å²) in [5, 5.41) is 3.22. The van der Waals surface area contributed by atoms with Crippen LogP contribution in [0, 0.1) is 0 Å². The van der Waals surface area contributed by atoms with Gasteiger partial charge in [-0.2, -0.15) is 0 Å². The molecule has 1 aliphatic rings. The molecule has 0 aromatic heterocycles. The molecule has 0 atom stereocenters. The van der Waals surface area contributed by atoms with Crippen molar-refractivity contribution in [3.05, 3.63) is 0 Å². The predicted octanol–water partition coefficient (Wildman–Crippen LogP) is 2.10. The van der Waals surface area contributed by atoms with Crippen molar-refractivity contribution in [2.24, 2.45) is 17.2 Å². The summed E-state index contributed by atoms with van der Waals surface area (Å²) in [6, 6.07) is 3.65. The third-order valence-electron chi connectivity index (χ3n) is 7.56. The van der Waals surface area contributed by atoms with E-state index in [1.54, 1.807) is 64.0 Å². The van der Waals surface area contributed by atoms with Gasteiger partial charge in [-0.25, -0.2) is 4.79 Å². The third-order valence-corrected chi connectivity index (χ3v) is 17.9. The van der Waals surface area contributed by atoms with Crippen molar-refractivity contribution >= 4 is 58.2 Å². The van der Waals surface area contributed by atoms with E-state index >= 15 is 0 Å². The second-order valence-electron chi connectivity index (χ2n) is 12.9. The van der Waals surface area contributed by atoms with Gasteiger partial charge in [0.1, 0.15) is 0 Å². The van der Waals surface area contributed by atoms with Crippen LogP contribution in [-0.2, 0) is 63.8 Å². The molecular formula is C32H77N5O14Si4. The molecule has 55 heavy (non-hydrogen) atoms. The first-order chi connectivity index (χ1) is 25.8. The van der Waals surface area contributed by atoms with Gasteiger partial charge in [-0.05, 0) is 45.3 Å². The van der Waals surface area contributed by atoms with Gasteiger partial charge in [-0.1, -0.05) is 25.7 Å². The number of amides is 3. The second kappa shape index (κ2) is 35.6. The van der Waals surface area contributed by atoms with Gasteiger partial charge in [-0.3, -0.25) is 14.4 Å². The van der Waals surface area contributed by atoms with E-state index < -0.39 is 52.3 Å². The molecule has 1 aliphatic heterocycles. The predicted molar refractivity (Wildman–Crippen MR) is 220 cm³/mol. The summed E-state index contributed by atoms with van der Waals surface area (Å²) in [5.41, 5.74) is 16.1. The molecule has 1 fully saturated rings. The lowest BCUT2D eigenvalue weighted by molar-refractivity contribution is -0.195. The molecule has 3 amide bonds. The van der Waals surface area contributed by atoms with E-state index in [2.05, 4.69) is 29.8 Å². The number of hydrogen-bond donors (Lipinski definition) is 4. The molecule has 0 aliphatic carbocycles. The Morgan fingerprint density at radius 2 is 0.855 bits per heavy atom. The number of carbonyl (C=O) groups excluding carboxylic acids is 4. The maximum Gasteiger partial charge on any atom is 0.500 e. The van der Waals surface area contributed by atoms with E-state index in [-0.39, 0.29) is 18.7 Å². The number of imide groups is 1. The Morgan fingerprint density at radius 3 is 1.07 bits per heavy atom. The summed E-state index contributed by atoms with van der Waals surface area (Å²) < 4.78 is 46.7. The number of nitrogens with one attached hydrogen (secondary N) is 1. The smallest absolute Gasteiger partial charge is 0.377 e. The van der Waals surface area contributed by atoms with E-state index in [4.69, 9.17) is 57.0 Å². The quantitative estimate of drug-likeness (QED) is 0.0652. The molecule has 23 heteroatoms. The van der Waals surface area contributed by atoms with Gasteiger partial charge in [-0.15, -0.1) is 5.06 Å². The van der Waals surface area contributed by atoms with Crippen molar-refractivity contribution in [3.8, 4) is 0 Å². The maximum atomic E-state index is 10.7. The van der Waals surface area contributed by atoms with E-state index in [9.17, 15) is 19.2 Å². The molecule has 0 radical (unpaired) electrons. The van der Waals surface area contributed by atoms with Crippen LogP contribution in [0.4, 0.5) is 0 Å². The number of hydrogen-bond acceptors (Lipinski definition) is 17. The highest BCUT2D eigenvalue weighted by Crippen LogP contribution is 2.16. The minimum absolute atomic E-state index is 0.0236. The molecule has 0 saturated carbocycles. The first kappa shape index (κ1) is 60.1. The molecule has 0 aromatic rings. The second-order valence-corrected chi connectivity index (χ2v) is 27.8. The fourth-order valence-electron chi connectivity index (χ4n) is 4.29. The Morgan fingerprint density at radius 1 is 0.564 bits per heavy atom. The summed E-state index contributed by atoms with van der Waals surface area (Å²) in [6.45, 7) is 12.5. The van der Waals surface area contributed by atoms with Crippen LogP contribution < -0.4 is 22.5 Å². The highest BCUT2D eigenvalue weighted by molar-refractivity contribution is 6.76. The van der Waals surface area contributed by atoms with Crippen molar-refractivity contribution in [3.63, 3.8) is 0 Å². The summed E-state index contributed by atoms with van der Waals surface area (Å²) in [6.07, 6.45) is 4.03. The van der Waals surface area contributed by atoms with Crippen LogP contribution in [0.5, 0.6) is 0 Å². The van der Waals surface area contributed by atoms with E-state index in [0.717, 1.165) is 44.8 Å². The van der Waals surface area contributed by atoms with E-state index in [1.807, 2.05) is 0 Å². The van der Waals surface area contributed by atoms with Crippen molar-refractivity contribution in [2.45, 2.75) is 96.2 Å². The summed E-state index contributed by atoms with van der Waals surface area (Å²) in [7, 11) is 6.55. The summed E-state index contributed by atoms with van der Waals surface area (Å²) in [4.78, 5) is 46.7. The van der Waals surface area contributed by atoms with Gasteiger partial charge >= 0.3 is 32.4 Å². The molecule has 1 rings (SSSR count). The fraction of sp³-hybridized carbons (Fsp3) is 0.875. The van der Waals surface area contributed by atoms with Gasteiger partial charge in [0.15, 0.2) is 0 Å². The number of rotatable bonds is 23. The minimum atomic E-state index is -2.44. The number of nitrogens with two attached hydrogens (primary N) is 3. The molecule has 0 bridgehead atoms. The Hall–Kier alpha value is -1.53. The Balaban J connectivity index is -0.000000298. The first-order valence-electron chi connectivity index (χ1n) is 18.1. The molecule has 7 N–H and O–H groups in total. The SMILES string of the molecule is CC(=O)ON1C(=O)CCC1=O.CO[Si](CCCN)(OC)OC.CO[Si](CCCN)(OC)OC.CO[Si](CCCNC(C)=O)(OC)OC.C[Si](C)(C)CCCN. The molecule has 0 spiro atoms. The van der Waals surface area contributed by atoms with Crippen LogP contribution in [-0.4, -0.2) is 153 Å². The van der Waals surface area contributed by atoms with Crippen LogP contribution in [0.1, 0.15) is 52.4 Å². The van der Waals surface area contributed by atoms with Crippen LogP contribution >= 0.6 is 0 Å². The lowest BCUT2D eigenvalue weighted by Gasteiger charge is -2.24. The van der Waals surface area contributed by atoms with Crippen molar-refractivity contribution in [1.82, 2.24) is 10.4 Å². The number of nitrogens with zero attached hydrogens (tertiary/aromatic N) is 1. The van der Waals surface area contributed by atoms with Crippen molar-refractivity contribution < 1.29 is 63.8 Å². The van der Waals surface area contributed by atoms with Gasteiger partial charge < -0.3 is 67.2 Å². The zero-order chi connectivity index (χ0) is 43.6. The monoisotopic (exact) mass is 867 g/mol. The average molecular weight is 868 g/mol. The van der Waals surface area contributed by atoms with Crippen LogP contribution in [0.2, 0.25) is 43.8 Å². The molecular weight excluding hydrogens is 791 g/mol. The maximum absolute atomic E-state index is 10.7. The van der Waals surface area contributed by atoms with Crippen LogP contribution in [0.25, 0.3) is 0 Å². The topological polar surface area (TPSA) is 254 Å². The highest BCUT2D eigenvalue weighted by atomic mass is 28.4. The fourth-order valence-corrected chi connectivity index (χ4v) is 10.8. The average Bonchev–Trinajstić information content (AvgIpc) is 3.48. The zero-order valence-corrected chi connectivity index (χ0v) is 40.3. The summed E-state index contributed by atoms with van der Waals surface area (Å²) in [5.74, 6) is -1.59. The molecule has 0 aromatic carbocycles. The first-order valence-corrected chi connectivity index (χ1v) is 27.6. The largest absolute Gasteiger partial charge is 0.500 e. The molecule has 1 heterocycles. The van der Waals surface area contributed by atoms with Gasteiger partial charge in [0, 0.05) is 123 Å². The normalized spacial score (nSPS) is 12.9. The van der Waals surface area contributed by atoms with Gasteiger partial charge in [0.05, 0.1) is 0 Å². The van der Waals surface area contributed by atoms with E-state index in [1.165, 1.54) is 19.4 Å². The van der Waals surface area contributed by atoms with E-state index in [0.29, 0.717) is 30.7 Å². The molecule has 1 saturated heterocycles. The van der Waals surface area contributed by atoms with Crippen LogP contribution in [0.3, 0.4) is 0 Å². The Bertz CT molecular complexity index is 926. The van der Waals surface area contributed by atoms with Crippen molar-refractivity contribution in [2.75, 3.05) is 90.2 Å².